The van der Waals surface area contributed by atoms with Gasteiger partial charge in [-0.05, 0) is 30.1 Å². The highest BCUT2D eigenvalue weighted by Gasteiger charge is 2.46. The molecule has 2 saturated heterocycles. The Balaban J connectivity index is 1.77. The molecule has 2 aliphatic heterocycles. The van der Waals surface area contributed by atoms with Crippen molar-refractivity contribution in [2.45, 2.75) is 69.1 Å². The van der Waals surface area contributed by atoms with E-state index in [4.69, 9.17) is 14.2 Å². The predicted octanol–water partition coefficient (Wildman–Crippen LogP) is -1.42. The zero-order chi connectivity index (χ0) is 22.7. The number of esters is 1. The molecule has 0 radical (unpaired) electrons. The largest absolute Gasteiger partial charge is 0.457 e. The van der Waals surface area contributed by atoms with E-state index in [2.05, 4.69) is 0 Å². The lowest BCUT2D eigenvalue weighted by Gasteiger charge is -2.39. The van der Waals surface area contributed by atoms with Gasteiger partial charge in [-0.25, -0.2) is 0 Å². The Morgan fingerprint density at radius 2 is 1.94 bits per heavy atom. The van der Waals surface area contributed by atoms with Gasteiger partial charge in [0.05, 0.1) is 25.2 Å². The van der Waals surface area contributed by atoms with Gasteiger partial charge in [0.2, 0.25) is 0 Å². The van der Waals surface area contributed by atoms with Gasteiger partial charge in [-0.1, -0.05) is 13.0 Å². The number of aliphatic hydroxyl groups is 5. The molecule has 2 fully saturated rings. The number of fused-ring (bicyclic) bond motifs is 1. The number of aldehydes is 1. The van der Waals surface area contributed by atoms with Gasteiger partial charge < -0.3 is 39.7 Å². The lowest BCUT2D eigenvalue weighted by atomic mass is 9.82. The standard InChI is InChI=1S/C21H30O10/c1-10-16-13(24)5-11(7-22)3-2-4-12(6-14(16)30-20(10)28)9-29-21-19(27)18(26)17(25)15(8-23)31-21/h3,6-7,10,13-19,21,23-27H,2,4-5,8-9H2,1H3/b11-3-,12-6-/t10-,13-,14+,15+,16+,17+,18-,19+,21+/m0/s1. The van der Waals surface area contributed by atoms with Gasteiger partial charge in [-0.15, -0.1) is 0 Å². The van der Waals surface area contributed by atoms with Crippen molar-refractivity contribution in [1.82, 2.24) is 0 Å². The second-order valence-electron chi connectivity index (χ2n) is 8.31. The molecule has 3 rings (SSSR count). The maximum atomic E-state index is 12.1. The van der Waals surface area contributed by atoms with Gasteiger partial charge in [0, 0.05) is 12.3 Å². The van der Waals surface area contributed by atoms with Crippen molar-refractivity contribution in [2.24, 2.45) is 11.8 Å². The number of rotatable bonds is 5. The molecule has 2 heterocycles. The van der Waals surface area contributed by atoms with Crippen molar-refractivity contribution >= 4 is 12.3 Å². The van der Waals surface area contributed by atoms with Crippen LogP contribution in [0.1, 0.15) is 26.2 Å². The Morgan fingerprint density at radius 1 is 1.19 bits per heavy atom. The number of ether oxygens (including phenoxy) is 3. The van der Waals surface area contributed by atoms with Crippen molar-refractivity contribution in [3.8, 4) is 0 Å². The first-order valence-electron chi connectivity index (χ1n) is 10.4. The number of aliphatic hydroxyl groups excluding tert-OH is 5. The summed E-state index contributed by atoms with van der Waals surface area (Å²) in [4.78, 5) is 23.5. The average molecular weight is 442 g/mol. The smallest absolute Gasteiger partial charge is 0.309 e. The molecule has 3 aliphatic rings. The van der Waals surface area contributed by atoms with Crippen LogP contribution in [0.5, 0.6) is 0 Å². The quantitative estimate of drug-likeness (QED) is 0.194. The predicted molar refractivity (Wildman–Crippen MR) is 104 cm³/mol. The highest BCUT2D eigenvalue weighted by atomic mass is 16.7. The van der Waals surface area contributed by atoms with E-state index in [1.807, 2.05) is 0 Å². The first-order chi connectivity index (χ1) is 14.8. The van der Waals surface area contributed by atoms with Gasteiger partial charge >= 0.3 is 5.97 Å². The lowest BCUT2D eigenvalue weighted by molar-refractivity contribution is -0.299. The molecule has 0 saturated carbocycles. The first kappa shape index (κ1) is 24.0. The summed E-state index contributed by atoms with van der Waals surface area (Å²) in [7, 11) is 0. The number of carbonyl (C=O) groups is 2. The van der Waals surface area contributed by atoms with Gasteiger partial charge in [0.25, 0.3) is 0 Å². The zero-order valence-corrected chi connectivity index (χ0v) is 17.2. The zero-order valence-electron chi connectivity index (χ0n) is 17.2. The highest BCUT2D eigenvalue weighted by molar-refractivity contribution is 5.76. The van der Waals surface area contributed by atoms with Gasteiger partial charge in [0.1, 0.15) is 36.8 Å². The summed E-state index contributed by atoms with van der Waals surface area (Å²) in [6, 6.07) is 0. The monoisotopic (exact) mass is 442 g/mol. The van der Waals surface area contributed by atoms with Crippen LogP contribution >= 0.6 is 0 Å². The summed E-state index contributed by atoms with van der Waals surface area (Å²) in [5.74, 6) is -1.51. The fourth-order valence-electron chi connectivity index (χ4n) is 4.29. The molecule has 5 N–H and O–H groups in total. The molecule has 10 nitrogen and oxygen atoms in total. The number of hydrogen-bond donors (Lipinski definition) is 5. The van der Waals surface area contributed by atoms with Crippen molar-refractivity contribution in [3.63, 3.8) is 0 Å². The van der Waals surface area contributed by atoms with Gasteiger partial charge in [-0.3, -0.25) is 9.59 Å². The Labute approximate surface area is 179 Å². The van der Waals surface area contributed by atoms with Crippen molar-refractivity contribution in [2.75, 3.05) is 13.2 Å². The van der Waals surface area contributed by atoms with E-state index in [-0.39, 0.29) is 13.0 Å². The van der Waals surface area contributed by atoms with Crippen LogP contribution in [0.3, 0.4) is 0 Å². The summed E-state index contributed by atoms with van der Waals surface area (Å²) in [6.45, 7) is 1.05. The fraction of sp³-hybridized carbons (Fsp3) is 0.714. The first-order valence-corrected chi connectivity index (χ1v) is 10.4. The number of allylic oxidation sites excluding steroid dienone is 1. The van der Waals surface area contributed by atoms with Crippen molar-refractivity contribution in [1.29, 1.82) is 0 Å². The molecule has 0 amide bonds. The highest BCUT2D eigenvalue weighted by Crippen LogP contribution is 2.35. The van der Waals surface area contributed by atoms with E-state index in [1.54, 1.807) is 19.1 Å². The molecule has 1 aliphatic carbocycles. The van der Waals surface area contributed by atoms with Crippen LogP contribution in [0.2, 0.25) is 0 Å². The second kappa shape index (κ2) is 10.3. The maximum Gasteiger partial charge on any atom is 0.309 e. The van der Waals surface area contributed by atoms with Crippen LogP contribution in [0.15, 0.2) is 23.3 Å². The summed E-state index contributed by atoms with van der Waals surface area (Å²) >= 11 is 0. The number of carbonyl (C=O) groups excluding carboxylic acids is 2. The maximum absolute atomic E-state index is 12.1. The Bertz CT molecular complexity index is 717. The topological polar surface area (TPSA) is 163 Å². The van der Waals surface area contributed by atoms with Gasteiger partial charge in [-0.2, -0.15) is 0 Å². The van der Waals surface area contributed by atoms with E-state index in [1.165, 1.54) is 0 Å². The van der Waals surface area contributed by atoms with Crippen LogP contribution in [0.25, 0.3) is 0 Å². The second-order valence-corrected chi connectivity index (χ2v) is 8.31. The minimum absolute atomic E-state index is 0.0573. The van der Waals surface area contributed by atoms with Crippen molar-refractivity contribution < 1.29 is 49.3 Å². The van der Waals surface area contributed by atoms with E-state index in [0.717, 1.165) is 0 Å². The Hall–Kier alpha value is -1.66. The minimum atomic E-state index is -1.55. The van der Waals surface area contributed by atoms with Crippen LogP contribution < -0.4 is 0 Å². The third-order valence-corrected chi connectivity index (χ3v) is 6.17. The van der Waals surface area contributed by atoms with E-state index < -0.39 is 67.3 Å². The molecule has 0 bridgehead atoms. The minimum Gasteiger partial charge on any atom is -0.457 e. The molecule has 31 heavy (non-hydrogen) atoms. The molecule has 0 aromatic heterocycles. The fourth-order valence-corrected chi connectivity index (χ4v) is 4.29. The third kappa shape index (κ3) is 5.23. The van der Waals surface area contributed by atoms with Crippen LogP contribution in [0, 0.1) is 11.8 Å². The molecular weight excluding hydrogens is 412 g/mol. The molecule has 0 spiro atoms. The third-order valence-electron chi connectivity index (χ3n) is 6.17. The molecule has 9 atom stereocenters. The number of hydrogen-bond acceptors (Lipinski definition) is 10. The normalized spacial score (nSPS) is 45.0. The van der Waals surface area contributed by atoms with Crippen LogP contribution in [-0.4, -0.2) is 93.9 Å². The summed E-state index contributed by atoms with van der Waals surface area (Å²) in [5.41, 5.74) is 1.12. The van der Waals surface area contributed by atoms with Gasteiger partial charge in [0.15, 0.2) is 6.29 Å². The van der Waals surface area contributed by atoms with E-state index in [0.29, 0.717) is 30.3 Å². The molecule has 0 aromatic carbocycles. The molecule has 0 aromatic rings. The molecule has 174 valence electrons. The van der Waals surface area contributed by atoms with E-state index >= 15 is 0 Å². The summed E-state index contributed by atoms with van der Waals surface area (Å²) in [6.07, 6.45) is -3.39. The Kier molecular flexibility index (Phi) is 7.98. The van der Waals surface area contributed by atoms with Crippen LogP contribution in [0.4, 0.5) is 0 Å². The average Bonchev–Trinajstić information content (AvgIpc) is 3.03. The Morgan fingerprint density at radius 3 is 2.61 bits per heavy atom. The SMILES string of the molecule is C[C@@H]1C(=O)O[C@@H]2/C=C(\CO[C@@H]3O[C@H](CO)[C@@H](O)[C@H](O)[C@H]3O)CC/C=C(\C=O)C[C@H](O)[C@@H]12. The lowest BCUT2D eigenvalue weighted by Crippen LogP contribution is -2.59. The summed E-state index contributed by atoms with van der Waals surface area (Å²) in [5, 5.41) is 49.9. The summed E-state index contributed by atoms with van der Waals surface area (Å²) < 4.78 is 16.4. The van der Waals surface area contributed by atoms with E-state index in [9.17, 15) is 35.1 Å². The molecule has 10 heteroatoms. The van der Waals surface area contributed by atoms with Crippen LogP contribution in [-0.2, 0) is 23.8 Å². The molecular formula is C21H30O10. The molecule has 0 unspecified atom stereocenters. The van der Waals surface area contributed by atoms with Crippen molar-refractivity contribution in [3.05, 3.63) is 23.3 Å².